The number of furan rings is 1. The monoisotopic (exact) mass is 179 g/mol. The predicted octanol–water partition coefficient (Wildman–Crippen LogP) is 2.19. The van der Waals surface area contributed by atoms with Crippen LogP contribution >= 0.6 is 0 Å². The van der Waals surface area contributed by atoms with Crippen LogP contribution < -0.4 is 5.32 Å². The van der Waals surface area contributed by atoms with Crippen LogP contribution in [0.5, 0.6) is 0 Å². The molecule has 0 spiro atoms. The van der Waals surface area contributed by atoms with Crippen LogP contribution in [0.3, 0.4) is 0 Å². The largest absolute Gasteiger partial charge is 0.466 e. The molecule has 0 amide bonds. The van der Waals surface area contributed by atoms with Crippen LogP contribution in [-0.4, -0.2) is 12.6 Å². The molecule has 1 fully saturated rings. The predicted molar refractivity (Wildman–Crippen MR) is 52.9 cm³/mol. The lowest BCUT2D eigenvalue weighted by molar-refractivity contribution is 0.497. The van der Waals surface area contributed by atoms with Gasteiger partial charge in [-0.2, -0.15) is 0 Å². The number of rotatable bonds is 2. The first-order valence-corrected chi connectivity index (χ1v) is 5.05. The van der Waals surface area contributed by atoms with Crippen molar-refractivity contribution < 1.29 is 4.42 Å². The van der Waals surface area contributed by atoms with E-state index in [1.54, 1.807) is 0 Å². The molecule has 72 valence electrons. The minimum Gasteiger partial charge on any atom is -0.466 e. The van der Waals surface area contributed by atoms with Gasteiger partial charge in [-0.25, -0.2) is 0 Å². The maximum absolute atomic E-state index is 5.50. The van der Waals surface area contributed by atoms with Gasteiger partial charge in [0.25, 0.3) is 0 Å². The van der Waals surface area contributed by atoms with Gasteiger partial charge in [0.2, 0.25) is 0 Å². The highest BCUT2D eigenvalue weighted by Crippen LogP contribution is 2.18. The highest BCUT2D eigenvalue weighted by atomic mass is 16.3. The third kappa shape index (κ3) is 1.94. The van der Waals surface area contributed by atoms with Crippen LogP contribution in [0.4, 0.5) is 0 Å². The molecule has 0 bridgehead atoms. The van der Waals surface area contributed by atoms with Crippen molar-refractivity contribution >= 4 is 0 Å². The first-order chi connectivity index (χ1) is 6.25. The van der Waals surface area contributed by atoms with Crippen molar-refractivity contribution in [2.24, 2.45) is 0 Å². The molecule has 13 heavy (non-hydrogen) atoms. The first-order valence-electron chi connectivity index (χ1n) is 5.05. The van der Waals surface area contributed by atoms with E-state index in [4.69, 9.17) is 4.42 Å². The molecule has 2 heterocycles. The molecule has 1 atom stereocenters. The summed E-state index contributed by atoms with van der Waals surface area (Å²) < 4.78 is 5.50. The van der Waals surface area contributed by atoms with Crippen LogP contribution in [0.1, 0.15) is 29.9 Å². The molecule has 1 aromatic rings. The molecule has 1 aliphatic heterocycles. The van der Waals surface area contributed by atoms with E-state index >= 15 is 0 Å². The van der Waals surface area contributed by atoms with Gasteiger partial charge in [0.1, 0.15) is 11.5 Å². The lowest BCUT2D eigenvalue weighted by atomic mass is 10.1. The van der Waals surface area contributed by atoms with Gasteiger partial charge in [0.05, 0.1) is 0 Å². The fourth-order valence-corrected chi connectivity index (χ4v) is 2.08. The van der Waals surface area contributed by atoms with Crippen molar-refractivity contribution in [1.29, 1.82) is 0 Å². The summed E-state index contributed by atoms with van der Waals surface area (Å²) in [6.45, 7) is 5.25. The summed E-state index contributed by atoms with van der Waals surface area (Å²) in [5.41, 5.74) is 1.37. The molecule has 0 aliphatic carbocycles. The molecule has 0 aromatic carbocycles. The third-order valence-corrected chi connectivity index (χ3v) is 2.77. The number of nitrogens with one attached hydrogen (secondary N) is 1. The Kier molecular flexibility index (Phi) is 2.40. The van der Waals surface area contributed by atoms with Gasteiger partial charge in [-0.15, -0.1) is 0 Å². The van der Waals surface area contributed by atoms with E-state index in [9.17, 15) is 0 Å². The number of hydrogen-bond donors (Lipinski definition) is 1. The quantitative estimate of drug-likeness (QED) is 0.753. The Balaban J connectivity index is 2.03. The second-order valence-corrected chi connectivity index (χ2v) is 3.94. The van der Waals surface area contributed by atoms with E-state index in [-0.39, 0.29) is 0 Å². The Morgan fingerprint density at radius 2 is 2.38 bits per heavy atom. The van der Waals surface area contributed by atoms with E-state index < -0.39 is 0 Å². The van der Waals surface area contributed by atoms with E-state index in [1.807, 2.05) is 6.92 Å². The Morgan fingerprint density at radius 3 is 2.92 bits per heavy atom. The van der Waals surface area contributed by atoms with Crippen LogP contribution in [0.25, 0.3) is 0 Å². The summed E-state index contributed by atoms with van der Waals surface area (Å²) in [5.74, 6) is 2.12. The second-order valence-electron chi connectivity index (χ2n) is 3.94. The summed E-state index contributed by atoms with van der Waals surface area (Å²) in [7, 11) is 0. The van der Waals surface area contributed by atoms with Gasteiger partial charge in [0, 0.05) is 6.04 Å². The van der Waals surface area contributed by atoms with Crippen molar-refractivity contribution in [2.45, 2.75) is 39.2 Å². The van der Waals surface area contributed by atoms with Crippen molar-refractivity contribution in [3.05, 3.63) is 23.2 Å². The first kappa shape index (κ1) is 8.82. The summed E-state index contributed by atoms with van der Waals surface area (Å²) in [6, 6.07) is 2.84. The van der Waals surface area contributed by atoms with Gasteiger partial charge < -0.3 is 9.73 Å². The minimum atomic E-state index is 0.677. The lowest BCUT2D eigenvalue weighted by Gasteiger charge is -2.07. The topological polar surface area (TPSA) is 25.2 Å². The van der Waals surface area contributed by atoms with E-state index in [0.29, 0.717) is 6.04 Å². The molecule has 1 unspecified atom stereocenters. The molecule has 1 N–H and O–H groups in total. The molecule has 0 radical (unpaired) electrons. The number of aryl methyl sites for hydroxylation is 2. The van der Waals surface area contributed by atoms with Gasteiger partial charge >= 0.3 is 0 Å². The third-order valence-electron chi connectivity index (χ3n) is 2.77. The van der Waals surface area contributed by atoms with Crippen molar-refractivity contribution in [2.75, 3.05) is 6.54 Å². The Morgan fingerprint density at radius 1 is 1.54 bits per heavy atom. The molecule has 1 aliphatic rings. The van der Waals surface area contributed by atoms with Crippen LogP contribution in [0.15, 0.2) is 10.5 Å². The molecular formula is C11H17NO. The van der Waals surface area contributed by atoms with Crippen molar-refractivity contribution in [3.63, 3.8) is 0 Å². The molecule has 1 aromatic heterocycles. The Labute approximate surface area is 79.3 Å². The summed E-state index contributed by atoms with van der Waals surface area (Å²) in [4.78, 5) is 0. The zero-order chi connectivity index (χ0) is 9.26. The van der Waals surface area contributed by atoms with E-state index in [2.05, 4.69) is 18.3 Å². The van der Waals surface area contributed by atoms with Gasteiger partial charge in [-0.05, 0) is 51.3 Å². The maximum atomic E-state index is 5.50. The lowest BCUT2D eigenvalue weighted by Crippen LogP contribution is -2.23. The smallest absolute Gasteiger partial charge is 0.104 e. The summed E-state index contributed by atoms with van der Waals surface area (Å²) in [5, 5.41) is 3.50. The Hall–Kier alpha value is -0.760. The molecule has 2 rings (SSSR count). The van der Waals surface area contributed by atoms with Gasteiger partial charge in [-0.3, -0.25) is 0 Å². The summed E-state index contributed by atoms with van der Waals surface area (Å²) >= 11 is 0. The normalized spacial score (nSPS) is 22.5. The highest BCUT2D eigenvalue weighted by molar-refractivity contribution is 5.21. The average Bonchev–Trinajstić information content (AvgIpc) is 2.63. The SMILES string of the molecule is Cc1cc(CC2CCCN2)c(C)o1. The fourth-order valence-electron chi connectivity index (χ4n) is 2.08. The van der Waals surface area contributed by atoms with Gasteiger partial charge in [-0.1, -0.05) is 0 Å². The second kappa shape index (κ2) is 3.54. The zero-order valence-electron chi connectivity index (χ0n) is 8.39. The van der Waals surface area contributed by atoms with Crippen LogP contribution in [-0.2, 0) is 6.42 Å². The Bertz CT molecular complexity index is 284. The molecule has 0 saturated carbocycles. The van der Waals surface area contributed by atoms with Gasteiger partial charge in [0.15, 0.2) is 0 Å². The molecule has 2 heteroatoms. The molecular weight excluding hydrogens is 162 g/mol. The maximum Gasteiger partial charge on any atom is 0.104 e. The highest BCUT2D eigenvalue weighted by Gasteiger charge is 2.16. The van der Waals surface area contributed by atoms with E-state index in [0.717, 1.165) is 17.9 Å². The standard InChI is InChI=1S/C11H17NO/c1-8-6-10(9(2)13-8)7-11-4-3-5-12-11/h6,11-12H,3-5,7H2,1-2H3. The van der Waals surface area contributed by atoms with Crippen LogP contribution in [0, 0.1) is 13.8 Å². The fraction of sp³-hybridized carbons (Fsp3) is 0.636. The van der Waals surface area contributed by atoms with Crippen molar-refractivity contribution in [3.8, 4) is 0 Å². The zero-order valence-corrected chi connectivity index (χ0v) is 8.39. The van der Waals surface area contributed by atoms with Crippen molar-refractivity contribution in [1.82, 2.24) is 5.32 Å². The average molecular weight is 179 g/mol. The number of hydrogen-bond acceptors (Lipinski definition) is 2. The molecule has 2 nitrogen and oxygen atoms in total. The van der Waals surface area contributed by atoms with Crippen LogP contribution in [0.2, 0.25) is 0 Å². The summed E-state index contributed by atoms with van der Waals surface area (Å²) in [6.07, 6.45) is 3.76. The minimum absolute atomic E-state index is 0.677. The van der Waals surface area contributed by atoms with E-state index in [1.165, 1.54) is 24.9 Å². The molecule has 1 saturated heterocycles.